The highest BCUT2D eigenvalue weighted by atomic mass is 32.5. The minimum atomic E-state index is -4.64. The van der Waals surface area contributed by atoms with Gasteiger partial charge in [0.05, 0.1) is 0 Å². The van der Waals surface area contributed by atoms with Gasteiger partial charge in [0.15, 0.2) is 0 Å². The Kier molecular flexibility index (Phi) is 12.8. The second-order valence-corrected chi connectivity index (χ2v) is 5.31. The monoisotopic (exact) mass is 293 g/mol. The van der Waals surface area contributed by atoms with Gasteiger partial charge in [0.25, 0.3) is 0 Å². The van der Waals surface area contributed by atoms with Gasteiger partial charge in [-0.15, -0.1) is 9.79 Å². The van der Waals surface area contributed by atoms with E-state index in [-0.39, 0.29) is 0 Å². The first kappa shape index (κ1) is 20.1. The summed E-state index contributed by atoms with van der Waals surface area (Å²) in [6, 6.07) is 0. The zero-order valence-electron chi connectivity index (χ0n) is 6.14. The van der Waals surface area contributed by atoms with Gasteiger partial charge in [0.2, 0.25) is 0 Å². The Balaban J connectivity index is -0.000000131. The molecule has 0 saturated carbocycles. The van der Waals surface area contributed by atoms with E-state index in [4.69, 9.17) is 48.3 Å². The minimum Gasteiger partial charge on any atom is -0.325 e. The van der Waals surface area contributed by atoms with Crippen molar-refractivity contribution in [1.82, 2.24) is 0 Å². The van der Waals surface area contributed by atoms with Gasteiger partial charge in [-0.25, -0.2) is 4.57 Å². The van der Waals surface area contributed by atoms with Crippen LogP contribution in [0, 0.1) is 0 Å². The van der Waals surface area contributed by atoms with E-state index < -0.39 is 22.8 Å². The molecule has 0 aromatic rings. The molecule has 0 rings (SSSR count). The van der Waals surface area contributed by atoms with E-state index in [2.05, 4.69) is 11.8 Å². The molecule has 0 saturated heterocycles. The van der Waals surface area contributed by atoms with Crippen LogP contribution in [0.25, 0.3) is 0 Å². The zero-order valence-corrected chi connectivity index (χ0v) is 9.64. The van der Waals surface area contributed by atoms with Crippen molar-refractivity contribution >= 4 is 34.6 Å². The van der Waals surface area contributed by atoms with Crippen molar-refractivity contribution in [1.29, 1.82) is 0 Å². The Morgan fingerprint density at radius 3 is 0.929 bits per heavy atom. The second kappa shape index (κ2) is 8.93. The predicted molar refractivity (Wildman–Crippen MR) is 47.2 cm³/mol. The van der Waals surface area contributed by atoms with E-state index in [0.29, 0.717) is 0 Å². The van der Waals surface area contributed by atoms with Crippen molar-refractivity contribution in [3.63, 3.8) is 0 Å². The minimum absolute atomic E-state index is 2.87. The summed E-state index contributed by atoms with van der Waals surface area (Å²) >= 11 is 3.60. The van der Waals surface area contributed by atoms with Crippen molar-refractivity contribution in [2.45, 2.75) is 0 Å². The second-order valence-electron chi connectivity index (χ2n) is 1.28. The molecule has 0 bridgehead atoms. The summed E-state index contributed by atoms with van der Waals surface area (Å²) in [7, 11) is -7.51. The van der Waals surface area contributed by atoms with E-state index in [1.165, 1.54) is 0 Å². The Morgan fingerprint density at radius 1 is 0.929 bits per heavy atom. The molecular formula is H8O10P3S+. The third-order valence-corrected chi connectivity index (χ3v) is 0. The highest BCUT2D eigenvalue weighted by Crippen LogP contribution is 2.26. The van der Waals surface area contributed by atoms with Gasteiger partial charge in [-0.2, -0.15) is 0 Å². The van der Waals surface area contributed by atoms with Crippen LogP contribution in [-0.4, -0.2) is 39.1 Å². The molecular weight excluding hydrogens is 285 g/mol. The SMILES string of the molecule is O=P(O)(O)O.O=[P+](O)O.OP(O)(O)=S. The highest BCUT2D eigenvalue weighted by molar-refractivity contribution is 8.06. The average Bonchev–Trinajstić information content (AvgIpc) is 1.45. The molecule has 14 heavy (non-hydrogen) atoms. The molecule has 14 heteroatoms. The molecule has 0 aromatic heterocycles. The van der Waals surface area contributed by atoms with Gasteiger partial charge in [-0.05, 0) is 11.8 Å². The summed E-state index contributed by atoms with van der Waals surface area (Å²) in [4.78, 5) is 58.5. The van der Waals surface area contributed by atoms with E-state index in [1.807, 2.05) is 0 Å². The van der Waals surface area contributed by atoms with Crippen LogP contribution in [0.2, 0.25) is 0 Å². The van der Waals surface area contributed by atoms with Gasteiger partial charge in [-0.1, -0.05) is 0 Å². The zero-order chi connectivity index (χ0) is 12.6. The van der Waals surface area contributed by atoms with Gasteiger partial charge in [-0.3, -0.25) is 0 Å². The van der Waals surface area contributed by atoms with Crippen molar-refractivity contribution in [2.75, 3.05) is 0 Å². The molecule has 0 aliphatic rings. The molecule has 0 unspecified atom stereocenters. The first-order valence-corrected chi connectivity index (χ1v) is 7.54. The number of hydrogen-bond acceptors (Lipinski definition) is 3. The molecule has 88 valence electrons. The molecule has 10 nitrogen and oxygen atoms in total. The quantitative estimate of drug-likeness (QED) is 0.227. The maximum atomic E-state index is 8.88. The van der Waals surface area contributed by atoms with E-state index in [1.54, 1.807) is 0 Å². The normalized spacial score (nSPS) is 10.3. The van der Waals surface area contributed by atoms with Gasteiger partial charge >= 0.3 is 22.8 Å². The predicted octanol–water partition coefficient (Wildman–Crippen LogP) is -2.11. The van der Waals surface area contributed by atoms with Crippen molar-refractivity contribution in [3.8, 4) is 0 Å². The fourth-order valence-electron chi connectivity index (χ4n) is 0. The van der Waals surface area contributed by atoms with Crippen LogP contribution < -0.4 is 0 Å². The lowest BCUT2D eigenvalue weighted by Gasteiger charge is -1.88. The molecule has 0 heterocycles. The van der Waals surface area contributed by atoms with Crippen LogP contribution in [0.5, 0.6) is 0 Å². The topological polar surface area (TPSA) is 196 Å². The lowest BCUT2D eigenvalue weighted by Crippen LogP contribution is -1.66. The highest BCUT2D eigenvalue weighted by Gasteiger charge is 2.00. The summed E-state index contributed by atoms with van der Waals surface area (Å²) < 4.78 is 17.6. The van der Waals surface area contributed by atoms with E-state index in [9.17, 15) is 0 Å². The van der Waals surface area contributed by atoms with Crippen molar-refractivity contribution in [2.24, 2.45) is 0 Å². The Labute approximate surface area is 83.5 Å². The van der Waals surface area contributed by atoms with Crippen LogP contribution >= 0.6 is 22.8 Å². The van der Waals surface area contributed by atoms with Crippen LogP contribution in [0.15, 0.2) is 0 Å². The Morgan fingerprint density at radius 2 is 0.929 bits per heavy atom. The summed E-state index contributed by atoms with van der Waals surface area (Å²) in [6.45, 7) is -3.81. The fourth-order valence-corrected chi connectivity index (χ4v) is 0. The molecule has 0 aliphatic carbocycles. The molecule has 0 aromatic carbocycles. The summed E-state index contributed by atoms with van der Waals surface area (Å²) in [5.41, 5.74) is 0. The lowest BCUT2D eigenvalue weighted by atomic mass is 15.8. The van der Waals surface area contributed by atoms with Gasteiger partial charge < -0.3 is 29.4 Å². The largest absolute Gasteiger partial charge is 0.692 e. The molecule has 0 atom stereocenters. The third-order valence-electron chi connectivity index (χ3n) is 0. The molecule has 0 radical (unpaired) electrons. The maximum Gasteiger partial charge on any atom is 0.692 e. The van der Waals surface area contributed by atoms with Gasteiger partial charge in [0, 0.05) is 4.57 Å². The van der Waals surface area contributed by atoms with E-state index >= 15 is 0 Å². The Bertz CT molecular complexity index is 191. The van der Waals surface area contributed by atoms with Crippen LogP contribution in [-0.2, 0) is 20.9 Å². The smallest absolute Gasteiger partial charge is 0.325 e. The first-order valence-electron chi connectivity index (χ1n) is 2.15. The number of hydrogen-bond donors (Lipinski definition) is 8. The summed E-state index contributed by atoms with van der Waals surface area (Å²) in [5, 5.41) is 0. The molecule has 0 amide bonds. The number of phosphoric acid groups is 1. The van der Waals surface area contributed by atoms with Gasteiger partial charge in [0.1, 0.15) is 0 Å². The van der Waals surface area contributed by atoms with Crippen LogP contribution in [0.3, 0.4) is 0 Å². The third kappa shape index (κ3) is 3950. The van der Waals surface area contributed by atoms with Crippen molar-refractivity contribution < 1.29 is 48.3 Å². The summed E-state index contributed by atoms with van der Waals surface area (Å²) in [5.74, 6) is 0. The molecule has 0 spiro atoms. The fraction of sp³-hybridized carbons (Fsp3) is 0. The molecule has 8 N–H and O–H groups in total. The first-order chi connectivity index (χ1) is 5.73. The molecule has 0 fully saturated rings. The molecule has 0 aliphatic heterocycles. The standard InChI is InChI=1S/H3O4P.H3O3PS.HO3P/c1-5(2,3)4;1-4(2,3)5;1-4(2)3/h(H3,1,2,3,4);(H3,1,2,3,5);(H-,1,2,3)/p+1. The summed E-state index contributed by atoms with van der Waals surface area (Å²) in [6.07, 6.45) is 0. The van der Waals surface area contributed by atoms with E-state index in [0.717, 1.165) is 0 Å². The average molecular weight is 293 g/mol. The maximum absolute atomic E-state index is 8.88. The van der Waals surface area contributed by atoms with Crippen molar-refractivity contribution in [3.05, 3.63) is 0 Å². The van der Waals surface area contributed by atoms with Crippen LogP contribution in [0.4, 0.5) is 0 Å². The lowest BCUT2D eigenvalue weighted by molar-refractivity contribution is 0.275. The van der Waals surface area contributed by atoms with Crippen LogP contribution in [0.1, 0.15) is 0 Å². The Hall–Kier alpha value is 0.660. The number of rotatable bonds is 0.